The summed E-state index contributed by atoms with van der Waals surface area (Å²) in [7, 11) is 0. The van der Waals surface area contributed by atoms with Gasteiger partial charge in [-0.3, -0.25) is 4.79 Å². The lowest BCUT2D eigenvalue weighted by atomic mass is 9.97. The topological polar surface area (TPSA) is 56.0 Å². The maximum Gasteiger partial charge on any atom is 0.277 e. The summed E-state index contributed by atoms with van der Waals surface area (Å²) in [5.74, 6) is 1.37. The first-order valence-corrected chi connectivity index (χ1v) is 9.29. The summed E-state index contributed by atoms with van der Waals surface area (Å²) in [4.78, 5) is 12.7. The lowest BCUT2D eigenvalue weighted by molar-refractivity contribution is 0.0993. The fourth-order valence-corrected chi connectivity index (χ4v) is 3.25. The number of benzene rings is 1. The summed E-state index contributed by atoms with van der Waals surface area (Å²) >= 11 is 2.94. The third-order valence-electron chi connectivity index (χ3n) is 3.47. The highest BCUT2D eigenvalue weighted by Crippen LogP contribution is 2.27. The summed E-state index contributed by atoms with van der Waals surface area (Å²) in [5.41, 5.74) is 4.11. The first kappa shape index (κ1) is 17.1. The van der Waals surface area contributed by atoms with Crippen molar-refractivity contribution in [2.24, 2.45) is 0 Å². The number of hydrogen-bond donors (Lipinski definition) is 0. The van der Waals surface area contributed by atoms with Crippen molar-refractivity contribution in [3.63, 3.8) is 0 Å². The third-order valence-corrected chi connectivity index (χ3v) is 4.94. The summed E-state index contributed by atoms with van der Waals surface area (Å²) < 4.78 is 5.52. The first-order chi connectivity index (χ1) is 10.4. The van der Waals surface area contributed by atoms with Crippen LogP contribution >= 0.6 is 23.5 Å². The molecule has 0 saturated carbocycles. The molecule has 1 unspecified atom stereocenters. The van der Waals surface area contributed by atoms with E-state index in [1.807, 2.05) is 33.1 Å². The van der Waals surface area contributed by atoms with E-state index in [0.29, 0.717) is 16.9 Å². The number of Topliss-reactive ketones (excluding diaryl/α,β-unsaturated/α-hetero) is 1. The van der Waals surface area contributed by atoms with Gasteiger partial charge in [-0.1, -0.05) is 17.8 Å². The van der Waals surface area contributed by atoms with E-state index in [9.17, 15) is 4.79 Å². The third kappa shape index (κ3) is 3.93. The fourth-order valence-electron chi connectivity index (χ4n) is 2.12. The number of nitrogens with zero attached hydrogens (tertiary/aromatic N) is 2. The maximum absolute atomic E-state index is 12.7. The molecule has 0 aliphatic heterocycles. The summed E-state index contributed by atoms with van der Waals surface area (Å²) in [6, 6.07) is 4.03. The van der Waals surface area contributed by atoms with Crippen molar-refractivity contribution < 1.29 is 9.21 Å². The van der Waals surface area contributed by atoms with Gasteiger partial charge in [0.25, 0.3) is 5.22 Å². The Morgan fingerprint density at radius 3 is 2.55 bits per heavy atom. The number of carbonyl (C=O) groups excluding carboxylic acids is 1. The number of rotatable bonds is 6. The molecule has 0 bridgehead atoms. The van der Waals surface area contributed by atoms with Gasteiger partial charge < -0.3 is 4.42 Å². The molecule has 2 aromatic rings. The molecule has 0 spiro atoms. The van der Waals surface area contributed by atoms with Crippen LogP contribution in [0.4, 0.5) is 0 Å². The van der Waals surface area contributed by atoms with Crippen molar-refractivity contribution in [2.75, 3.05) is 6.26 Å². The van der Waals surface area contributed by atoms with Gasteiger partial charge >= 0.3 is 0 Å². The van der Waals surface area contributed by atoms with Crippen molar-refractivity contribution in [3.05, 3.63) is 40.3 Å². The molecule has 0 radical (unpaired) electrons. The quantitative estimate of drug-likeness (QED) is 0.581. The smallest absolute Gasteiger partial charge is 0.277 e. The Bertz CT molecular complexity index is 683. The average Bonchev–Trinajstić information content (AvgIpc) is 2.89. The van der Waals surface area contributed by atoms with Gasteiger partial charge in [-0.05, 0) is 56.7 Å². The first-order valence-electron chi connectivity index (χ1n) is 7.02. The Hall–Kier alpha value is -1.27. The van der Waals surface area contributed by atoms with Gasteiger partial charge in [0, 0.05) is 5.56 Å². The van der Waals surface area contributed by atoms with Crippen molar-refractivity contribution >= 4 is 29.3 Å². The number of aryl methyl sites for hydroxylation is 3. The van der Waals surface area contributed by atoms with Gasteiger partial charge in [-0.2, -0.15) is 11.8 Å². The Balaban J connectivity index is 2.13. The van der Waals surface area contributed by atoms with Crippen LogP contribution < -0.4 is 0 Å². The number of aromatic nitrogens is 2. The van der Waals surface area contributed by atoms with E-state index in [4.69, 9.17) is 4.42 Å². The Kier molecular flexibility index (Phi) is 5.69. The lowest BCUT2D eigenvalue weighted by Gasteiger charge is -2.12. The highest BCUT2D eigenvalue weighted by molar-refractivity contribution is 8.00. The highest BCUT2D eigenvalue weighted by Gasteiger charge is 2.21. The van der Waals surface area contributed by atoms with Crippen molar-refractivity contribution in [2.45, 2.75) is 43.9 Å². The Labute approximate surface area is 139 Å². The molecule has 0 fully saturated rings. The molecule has 0 aliphatic carbocycles. The van der Waals surface area contributed by atoms with E-state index in [-0.39, 0.29) is 11.0 Å². The molecule has 6 heteroatoms. The predicted molar refractivity (Wildman–Crippen MR) is 91.8 cm³/mol. The number of thioether (sulfide) groups is 2. The Morgan fingerprint density at radius 1 is 1.18 bits per heavy atom. The zero-order chi connectivity index (χ0) is 16.3. The van der Waals surface area contributed by atoms with E-state index >= 15 is 0 Å². The normalized spacial score (nSPS) is 12.4. The largest absolute Gasteiger partial charge is 0.415 e. The van der Waals surface area contributed by atoms with Crippen LogP contribution in [0.3, 0.4) is 0 Å². The SMILES string of the molecule is CSCc1nnc(SC(C)C(=O)c2cc(C)c(C)cc2C)o1. The van der Waals surface area contributed by atoms with Gasteiger partial charge in [0.15, 0.2) is 5.78 Å². The number of hydrogen-bond acceptors (Lipinski definition) is 6. The molecule has 1 aromatic heterocycles. The van der Waals surface area contributed by atoms with Crippen molar-refractivity contribution in [1.82, 2.24) is 10.2 Å². The van der Waals surface area contributed by atoms with Crippen LogP contribution in [-0.4, -0.2) is 27.5 Å². The van der Waals surface area contributed by atoms with Crippen molar-refractivity contribution in [3.8, 4) is 0 Å². The van der Waals surface area contributed by atoms with E-state index < -0.39 is 0 Å². The second kappa shape index (κ2) is 7.33. The predicted octanol–water partition coefficient (Wildman–Crippen LogP) is 4.22. The maximum atomic E-state index is 12.7. The molecule has 118 valence electrons. The van der Waals surface area contributed by atoms with Crippen LogP contribution in [-0.2, 0) is 5.75 Å². The van der Waals surface area contributed by atoms with Gasteiger partial charge in [0.2, 0.25) is 5.89 Å². The minimum Gasteiger partial charge on any atom is -0.415 e. The van der Waals surface area contributed by atoms with Gasteiger partial charge in [0.1, 0.15) is 0 Å². The summed E-state index contributed by atoms with van der Waals surface area (Å²) in [6.07, 6.45) is 1.98. The second-order valence-corrected chi connectivity index (χ2v) is 7.43. The monoisotopic (exact) mass is 336 g/mol. The molecule has 2 rings (SSSR count). The van der Waals surface area contributed by atoms with Crippen LogP contribution in [0.1, 0.15) is 39.9 Å². The summed E-state index contributed by atoms with van der Waals surface area (Å²) in [6.45, 7) is 7.93. The molecule has 1 heterocycles. The van der Waals surface area contributed by atoms with Gasteiger partial charge in [-0.15, -0.1) is 10.2 Å². The van der Waals surface area contributed by atoms with Crippen LogP contribution in [0.25, 0.3) is 0 Å². The number of carbonyl (C=O) groups is 1. The zero-order valence-electron chi connectivity index (χ0n) is 13.5. The molecule has 22 heavy (non-hydrogen) atoms. The van der Waals surface area contributed by atoms with Crippen LogP contribution in [0.5, 0.6) is 0 Å². The molecular weight excluding hydrogens is 316 g/mol. The zero-order valence-corrected chi connectivity index (χ0v) is 15.1. The standard InChI is InChI=1S/C16H20N2O2S2/c1-9-6-11(3)13(7-10(9)2)15(19)12(4)22-16-18-17-14(20-16)8-21-5/h6-7,12H,8H2,1-5H3. The second-order valence-electron chi connectivity index (χ2n) is 5.27. The molecule has 0 aliphatic rings. The molecule has 1 atom stereocenters. The van der Waals surface area contributed by atoms with Crippen LogP contribution in [0, 0.1) is 20.8 Å². The molecule has 0 amide bonds. The van der Waals surface area contributed by atoms with E-state index in [2.05, 4.69) is 23.2 Å². The van der Waals surface area contributed by atoms with Crippen LogP contribution in [0.2, 0.25) is 0 Å². The molecule has 0 saturated heterocycles. The van der Waals surface area contributed by atoms with Gasteiger partial charge in [0.05, 0.1) is 11.0 Å². The van der Waals surface area contributed by atoms with Crippen molar-refractivity contribution in [1.29, 1.82) is 0 Å². The molecule has 4 nitrogen and oxygen atoms in total. The van der Waals surface area contributed by atoms with E-state index in [1.54, 1.807) is 11.8 Å². The fraction of sp³-hybridized carbons (Fsp3) is 0.438. The molecule has 0 N–H and O–H groups in total. The lowest BCUT2D eigenvalue weighted by Crippen LogP contribution is -2.15. The Morgan fingerprint density at radius 2 is 1.86 bits per heavy atom. The molecule has 1 aromatic carbocycles. The van der Waals surface area contributed by atoms with Gasteiger partial charge in [-0.25, -0.2) is 0 Å². The van der Waals surface area contributed by atoms with Crippen LogP contribution in [0.15, 0.2) is 21.8 Å². The number of ketones is 1. The summed E-state index contributed by atoms with van der Waals surface area (Å²) in [5, 5.41) is 8.14. The average molecular weight is 336 g/mol. The molecular formula is C16H20N2O2S2. The van der Waals surface area contributed by atoms with E-state index in [1.165, 1.54) is 17.3 Å². The minimum absolute atomic E-state index is 0.0928. The van der Waals surface area contributed by atoms with E-state index in [0.717, 1.165) is 16.7 Å². The highest BCUT2D eigenvalue weighted by atomic mass is 32.2. The minimum atomic E-state index is -0.261.